The monoisotopic (exact) mass is 504 g/mol. The predicted octanol–water partition coefficient (Wildman–Crippen LogP) is 3.50. The number of hydrogen-bond donors (Lipinski definition) is 0. The van der Waals surface area contributed by atoms with E-state index in [0.29, 0.717) is 50.2 Å². The molecule has 0 saturated carbocycles. The molecule has 180 valence electrons. The molecule has 0 unspecified atom stereocenters. The quantitative estimate of drug-likeness (QED) is 0.350. The number of fused-ring (bicyclic) bond motifs is 6. The van der Waals surface area contributed by atoms with Crippen LogP contribution in [0.5, 0.6) is 0 Å². The first-order chi connectivity index (χ1) is 19.2. The summed E-state index contributed by atoms with van der Waals surface area (Å²) in [6.07, 6.45) is 9.72. The molecule has 12 heteroatoms. The molecule has 39 heavy (non-hydrogen) atoms. The van der Waals surface area contributed by atoms with Gasteiger partial charge in [-0.25, -0.2) is 15.0 Å². The molecule has 6 aromatic heterocycles. The van der Waals surface area contributed by atoms with Gasteiger partial charge < -0.3 is 0 Å². The summed E-state index contributed by atoms with van der Waals surface area (Å²) in [7, 11) is 0. The van der Waals surface area contributed by atoms with Gasteiger partial charge in [-0.2, -0.15) is 15.8 Å². The van der Waals surface area contributed by atoms with Gasteiger partial charge in [0.1, 0.15) is 51.3 Å². The highest BCUT2D eigenvalue weighted by Crippen LogP contribution is 2.39. The lowest BCUT2D eigenvalue weighted by molar-refractivity contribution is 1.03. The van der Waals surface area contributed by atoms with Crippen LogP contribution in [-0.2, 0) is 0 Å². The minimum atomic E-state index is 0.0821. The van der Waals surface area contributed by atoms with Gasteiger partial charge in [-0.15, -0.1) is 0 Å². The highest BCUT2D eigenvalue weighted by molar-refractivity contribution is 6.20. The van der Waals surface area contributed by atoms with Crippen LogP contribution >= 0.6 is 0 Å². The van der Waals surface area contributed by atoms with Gasteiger partial charge >= 0.3 is 0 Å². The van der Waals surface area contributed by atoms with Crippen molar-refractivity contribution in [1.29, 1.82) is 15.8 Å². The molecular weight excluding hydrogens is 492 g/mol. The number of hydrogen-bond acceptors (Lipinski definition) is 9. The first kappa shape index (κ1) is 21.8. The summed E-state index contributed by atoms with van der Waals surface area (Å²) in [4.78, 5) is 26.8. The van der Waals surface area contributed by atoms with Gasteiger partial charge in [0, 0.05) is 18.6 Å². The van der Waals surface area contributed by atoms with Crippen LogP contribution in [0.4, 0.5) is 0 Å². The van der Waals surface area contributed by atoms with E-state index in [4.69, 9.17) is 15.0 Å². The summed E-state index contributed by atoms with van der Waals surface area (Å²) in [5.41, 5.74) is 4.31. The van der Waals surface area contributed by atoms with E-state index in [2.05, 4.69) is 33.2 Å². The summed E-state index contributed by atoms with van der Waals surface area (Å²) in [6.45, 7) is 0. The maximum Gasteiger partial charge on any atom is 0.218 e. The Morgan fingerprint density at radius 3 is 1.03 bits per heavy atom. The minimum absolute atomic E-state index is 0.0821. The normalized spacial score (nSPS) is 11.0. The van der Waals surface area contributed by atoms with E-state index in [-0.39, 0.29) is 17.5 Å². The Morgan fingerprint density at radius 2 is 0.795 bits per heavy atom. The zero-order valence-electron chi connectivity index (χ0n) is 19.8. The second kappa shape index (κ2) is 8.30. The Hall–Kier alpha value is -6.45. The average molecular weight is 504 g/mol. The SMILES string of the molecule is N#Cc1nc2c(c3nc(C#N)n(-c4cccnc4)c3c3nc(C#N)n(-c4cccnc4)c23)n1-c1cccnc1. The van der Waals surface area contributed by atoms with E-state index in [1.807, 2.05) is 0 Å². The molecular formula is C27H12N12. The fourth-order valence-corrected chi connectivity index (χ4v) is 4.85. The highest BCUT2D eigenvalue weighted by atomic mass is 15.2. The molecule has 0 aliphatic heterocycles. The van der Waals surface area contributed by atoms with Gasteiger partial charge in [-0.3, -0.25) is 28.7 Å². The van der Waals surface area contributed by atoms with Crippen LogP contribution < -0.4 is 0 Å². The molecule has 7 aromatic rings. The third-order valence-electron chi connectivity index (χ3n) is 6.32. The number of benzene rings is 1. The van der Waals surface area contributed by atoms with E-state index < -0.39 is 0 Å². The van der Waals surface area contributed by atoms with Crippen LogP contribution in [0, 0.1) is 34.0 Å². The molecule has 0 radical (unpaired) electrons. The van der Waals surface area contributed by atoms with Crippen LogP contribution in [0.2, 0.25) is 0 Å². The van der Waals surface area contributed by atoms with Crippen molar-refractivity contribution >= 4 is 33.1 Å². The molecule has 0 spiro atoms. The second-order valence-electron chi connectivity index (χ2n) is 8.37. The minimum Gasteiger partial charge on any atom is -0.280 e. The van der Waals surface area contributed by atoms with Crippen molar-refractivity contribution < 1.29 is 0 Å². The number of pyridine rings is 3. The Labute approximate surface area is 218 Å². The fourth-order valence-electron chi connectivity index (χ4n) is 4.85. The zero-order chi connectivity index (χ0) is 26.5. The fraction of sp³-hybridized carbons (Fsp3) is 0. The average Bonchev–Trinajstić information content (AvgIpc) is 3.69. The maximum atomic E-state index is 10.1. The lowest BCUT2D eigenvalue weighted by Crippen LogP contribution is -2.00. The topological polar surface area (TPSA) is 164 Å². The van der Waals surface area contributed by atoms with Crippen molar-refractivity contribution in [2.24, 2.45) is 0 Å². The van der Waals surface area contributed by atoms with E-state index in [1.54, 1.807) is 87.3 Å². The number of rotatable bonds is 3. The van der Waals surface area contributed by atoms with E-state index in [9.17, 15) is 15.8 Å². The van der Waals surface area contributed by atoms with Crippen molar-refractivity contribution in [2.45, 2.75) is 0 Å². The third kappa shape index (κ3) is 3.02. The smallest absolute Gasteiger partial charge is 0.218 e. The lowest BCUT2D eigenvalue weighted by atomic mass is 10.2. The molecule has 7 rings (SSSR count). The molecule has 0 aliphatic rings. The van der Waals surface area contributed by atoms with Crippen LogP contribution in [0.1, 0.15) is 17.5 Å². The molecule has 0 bridgehead atoms. The van der Waals surface area contributed by atoms with Gasteiger partial charge in [0.25, 0.3) is 0 Å². The Bertz CT molecular complexity index is 1900. The van der Waals surface area contributed by atoms with Crippen LogP contribution in [-0.4, -0.2) is 43.6 Å². The number of aromatic nitrogens is 9. The maximum absolute atomic E-state index is 10.1. The van der Waals surface area contributed by atoms with Gasteiger partial charge in [-0.05, 0) is 36.4 Å². The number of nitrogens with zero attached hydrogens (tertiary/aromatic N) is 12. The molecule has 0 saturated heterocycles. The van der Waals surface area contributed by atoms with Gasteiger partial charge in [0.05, 0.1) is 35.7 Å². The molecule has 0 aliphatic carbocycles. The summed E-state index contributed by atoms with van der Waals surface area (Å²) in [5.74, 6) is 0.246. The Balaban J connectivity index is 1.81. The first-order valence-electron chi connectivity index (χ1n) is 11.6. The van der Waals surface area contributed by atoms with E-state index in [0.717, 1.165) is 0 Å². The first-order valence-corrected chi connectivity index (χ1v) is 11.6. The lowest BCUT2D eigenvalue weighted by Gasteiger charge is -2.09. The summed E-state index contributed by atoms with van der Waals surface area (Å²) in [6, 6.07) is 17.2. The van der Waals surface area contributed by atoms with Crippen LogP contribution in [0.15, 0.2) is 73.6 Å². The summed E-state index contributed by atoms with van der Waals surface area (Å²) >= 11 is 0. The van der Waals surface area contributed by atoms with Crippen molar-refractivity contribution in [2.75, 3.05) is 0 Å². The molecule has 1 aromatic carbocycles. The predicted molar refractivity (Wildman–Crippen MR) is 138 cm³/mol. The summed E-state index contributed by atoms with van der Waals surface area (Å²) in [5, 5.41) is 30.4. The van der Waals surface area contributed by atoms with Gasteiger partial charge in [0.15, 0.2) is 0 Å². The molecule has 0 N–H and O–H groups in total. The van der Waals surface area contributed by atoms with Crippen LogP contribution in [0.3, 0.4) is 0 Å². The highest BCUT2D eigenvalue weighted by Gasteiger charge is 2.29. The second-order valence-corrected chi connectivity index (χ2v) is 8.37. The van der Waals surface area contributed by atoms with Crippen molar-refractivity contribution in [3.05, 3.63) is 91.1 Å². The van der Waals surface area contributed by atoms with Crippen molar-refractivity contribution in [3.8, 4) is 35.3 Å². The molecule has 0 fully saturated rings. The number of nitriles is 3. The Morgan fingerprint density at radius 1 is 0.487 bits per heavy atom. The van der Waals surface area contributed by atoms with E-state index >= 15 is 0 Å². The molecule has 12 nitrogen and oxygen atoms in total. The van der Waals surface area contributed by atoms with E-state index in [1.165, 1.54) is 0 Å². The Kier molecular flexibility index (Phi) is 4.64. The molecule has 0 amide bonds. The van der Waals surface area contributed by atoms with Crippen molar-refractivity contribution in [3.63, 3.8) is 0 Å². The van der Waals surface area contributed by atoms with Gasteiger partial charge in [0.2, 0.25) is 17.5 Å². The third-order valence-corrected chi connectivity index (χ3v) is 6.32. The molecule has 0 atom stereocenters. The largest absolute Gasteiger partial charge is 0.280 e. The standard InChI is InChI=1S/C27H12N12/c28-10-19-34-22-25(37(19)16-4-1-7-31-13-16)23-27(38(20(11-29)35-23)17-5-2-8-32-14-17)24-26(22)39(21(12-30)36-24)18-6-3-9-33-15-18/h1-9,13-15H. The zero-order valence-corrected chi connectivity index (χ0v) is 19.8. The van der Waals surface area contributed by atoms with Crippen LogP contribution in [0.25, 0.3) is 50.2 Å². The molecule has 6 heterocycles. The number of imidazole rings is 3. The van der Waals surface area contributed by atoms with Gasteiger partial charge in [-0.1, -0.05) is 0 Å². The summed E-state index contributed by atoms with van der Waals surface area (Å²) < 4.78 is 4.95. The van der Waals surface area contributed by atoms with Crippen molar-refractivity contribution in [1.82, 2.24) is 43.6 Å².